The van der Waals surface area contributed by atoms with Crippen LogP contribution < -0.4 is 4.74 Å². The zero-order valence-electron chi connectivity index (χ0n) is 23.3. The largest absolute Gasteiger partial charge is 0.508 e. The van der Waals surface area contributed by atoms with Gasteiger partial charge in [0.15, 0.2) is 0 Å². The number of fused-ring (bicyclic) bond motifs is 1. The lowest BCUT2D eigenvalue weighted by molar-refractivity contribution is -0.136. The van der Waals surface area contributed by atoms with Crippen LogP contribution in [0.1, 0.15) is 102 Å². The van der Waals surface area contributed by atoms with Crippen LogP contribution >= 0.6 is 0 Å². The fraction of sp³-hybridized carbons (Fsp3) is 0.594. The first-order chi connectivity index (χ1) is 17.8. The van der Waals surface area contributed by atoms with Gasteiger partial charge in [-0.25, -0.2) is 0 Å². The molecule has 5 nitrogen and oxygen atoms in total. The Labute approximate surface area is 223 Å². The summed E-state index contributed by atoms with van der Waals surface area (Å²) in [5.41, 5.74) is 1.55. The molecule has 3 rings (SSSR count). The molecule has 0 fully saturated rings. The molecule has 1 heterocycles. The van der Waals surface area contributed by atoms with Gasteiger partial charge in [-0.15, -0.1) is 0 Å². The van der Waals surface area contributed by atoms with Gasteiger partial charge >= 0.3 is 0 Å². The van der Waals surface area contributed by atoms with Crippen molar-refractivity contribution < 1.29 is 19.7 Å². The fourth-order valence-electron chi connectivity index (χ4n) is 5.87. The van der Waals surface area contributed by atoms with Crippen molar-refractivity contribution in [2.45, 2.75) is 96.3 Å². The smallest absolute Gasteiger partial charge is 0.226 e. The predicted molar refractivity (Wildman–Crippen MR) is 150 cm³/mol. The summed E-state index contributed by atoms with van der Waals surface area (Å²) in [6.45, 7) is 7.72. The van der Waals surface area contributed by atoms with Gasteiger partial charge in [-0.1, -0.05) is 90.3 Å². The van der Waals surface area contributed by atoms with E-state index in [4.69, 9.17) is 4.74 Å². The highest BCUT2D eigenvalue weighted by molar-refractivity contribution is 5.80. The van der Waals surface area contributed by atoms with Gasteiger partial charge in [0.2, 0.25) is 5.91 Å². The molecule has 2 aromatic rings. The number of amides is 1. The first-order valence-corrected chi connectivity index (χ1v) is 14.3. The summed E-state index contributed by atoms with van der Waals surface area (Å²) in [6, 6.07) is 12.6. The molecule has 0 aliphatic carbocycles. The third-order valence-electron chi connectivity index (χ3n) is 8.13. The highest BCUT2D eigenvalue weighted by Crippen LogP contribution is 2.52. The van der Waals surface area contributed by atoms with E-state index in [0.717, 1.165) is 49.8 Å². The lowest BCUT2D eigenvalue weighted by Crippen LogP contribution is -2.48. The standard InChI is InChI=1S/C32H47NO4/c1-5-7-9-10-11-12-13-14-28(31(36)33(4)21-8-6-2)30-27-20-19-26(35)22-29(27)37-23-32(30,3)24-15-17-25(34)18-16-24/h15-20,22,28,30,34-35H,5-14,21,23H2,1-4H3/t28?,30-,32+/m0/s1. The molecular weight excluding hydrogens is 462 g/mol. The summed E-state index contributed by atoms with van der Waals surface area (Å²) in [4.78, 5) is 16.0. The molecule has 0 spiro atoms. The molecule has 0 radical (unpaired) electrons. The molecule has 0 saturated carbocycles. The molecule has 1 aliphatic rings. The van der Waals surface area contributed by atoms with Crippen molar-refractivity contribution in [3.8, 4) is 17.2 Å². The highest BCUT2D eigenvalue weighted by Gasteiger charge is 2.48. The van der Waals surface area contributed by atoms with E-state index in [0.29, 0.717) is 12.4 Å². The number of phenols is 2. The van der Waals surface area contributed by atoms with Gasteiger partial charge in [-0.2, -0.15) is 0 Å². The maximum Gasteiger partial charge on any atom is 0.226 e. The molecule has 3 atom stereocenters. The molecule has 0 aromatic heterocycles. The quantitative estimate of drug-likeness (QED) is 0.258. The fourth-order valence-corrected chi connectivity index (χ4v) is 5.87. The maximum atomic E-state index is 14.1. The molecule has 204 valence electrons. The third-order valence-corrected chi connectivity index (χ3v) is 8.13. The van der Waals surface area contributed by atoms with Crippen LogP contribution in [0, 0.1) is 5.92 Å². The molecule has 37 heavy (non-hydrogen) atoms. The number of ether oxygens (including phenoxy) is 1. The predicted octanol–water partition coefficient (Wildman–Crippen LogP) is 7.55. The number of nitrogens with zero attached hydrogens (tertiary/aromatic N) is 1. The van der Waals surface area contributed by atoms with E-state index in [1.54, 1.807) is 24.3 Å². The van der Waals surface area contributed by atoms with E-state index in [2.05, 4.69) is 20.8 Å². The Morgan fingerprint density at radius 3 is 2.24 bits per heavy atom. The van der Waals surface area contributed by atoms with Gasteiger partial charge in [-0.05, 0) is 42.2 Å². The Morgan fingerprint density at radius 2 is 1.57 bits per heavy atom. The zero-order valence-corrected chi connectivity index (χ0v) is 23.3. The minimum Gasteiger partial charge on any atom is -0.508 e. The molecule has 2 aromatic carbocycles. The number of hydrogen-bond acceptors (Lipinski definition) is 4. The van der Waals surface area contributed by atoms with E-state index >= 15 is 0 Å². The molecular formula is C32H47NO4. The van der Waals surface area contributed by atoms with Crippen LogP contribution in [-0.4, -0.2) is 41.2 Å². The van der Waals surface area contributed by atoms with Crippen LogP contribution in [0.2, 0.25) is 0 Å². The summed E-state index contributed by atoms with van der Waals surface area (Å²) in [5, 5.41) is 20.1. The van der Waals surface area contributed by atoms with Crippen LogP contribution in [0.15, 0.2) is 42.5 Å². The van der Waals surface area contributed by atoms with Gasteiger partial charge in [0.25, 0.3) is 0 Å². The Balaban J connectivity index is 1.98. The molecule has 1 unspecified atom stereocenters. The molecule has 1 amide bonds. The summed E-state index contributed by atoms with van der Waals surface area (Å²) >= 11 is 0. The van der Waals surface area contributed by atoms with Crippen LogP contribution in [0.4, 0.5) is 0 Å². The Morgan fingerprint density at radius 1 is 0.946 bits per heavy atom. The van der Waals surface area contributed by atoms with E-state index in [9.17, 15) is 15.0 Å². The van der Waals surface area contributed by atoms with Crippen molar-refractivity contribution in [3.05, 3.63) is 53.6 Å². The van der Waals surface area contributed by atoms with E-state index < -0.39 is 5.41 Å². The van der Waals surface area contributed by atoms with Gasteiger partial charge in [0, 0.05) is 36.9 Å². The van der Waals surface area contributed by atoms with Gasteiger partial charge in [0.1, 0.15) is 17.2 Å². The Bertz CT molecular complexity index is 989. The second kappa shape index (κ2) is 13.7. The SMILES string of the molecule is CCCCCCCCCC(C(=O)N(C)CCCC)[C@@H]1c2ccc(O)cc2OC[C@]1(C)c1ccc(O)cc1. The molecule has 2 N–H and O–H groups in total. The van der Waals surface area contributed by atoms with Crippen molar-refractivity contribution in [1.29, 1.82) is 0 Å². The second-order valence-electron chi connectivity index (χ2n) is 11.1. The highest BCUT2D eigenvalue weighted by atomic mass is 16.5. The topological polar surface area (TPSA) is 70.0 Å². The number of benzene rings is 2. The summed E-state index contributed by atoms with van der Waals surface area (Å²) in [6.07, 6.45) is 11.3. The molecule has 0 bridgehead atoms. The number of aromatic hydroxyl groups is 2. The second-order valence-corrected chi connectivity index (χ2v) is 11.1. The average Bonchev–Trinajstić information content (AvgIpc) is 2.89. The van der Waals surface area contributed by atoms with Gasteiger partial charge in [0.05, 0.1) is 6.61 Å². The third kappa shape index (κ3) is 7.21. The number of rotatable bonds is 14. The van der Waals surface area contributed by atoms with Gasteiger partial charge in [-0.3, -0.25) is 4.79 Å². The van der Waals surface area contributed by atoms with Crippen molar-refractivity contribution in [2.24, 2.45) is 5.92 Å². The Hall–Kier alpha value is -2.69. The number of carbonyl (C=O) groups is 1. The number of unbranched alkanes of at least 4 members (excludes halogenated alkanes) is 7. The van der Waals surface area contributed by atoms with Crippen LogP contribution in [0.3, 0.4) is 0 Å². The average molecular weight is 510 g/mol. The van der Waals surface area contributed by atoms with E-state index in [1.165, 1.54) is 32.1 Å². The molecule has 5 heteroatoms. The first-order valence-electron chi connectivity index (χ1n) is 14.3. The van der Waals surface area contributed by atoms with Crippen LogP contribution in [-0.2, 0) is 10.2 Å². The number of carbonyl (C=O) groups excluding carboxylic acids is 1. The first kappa shape index (κ1) is 28.9. The summed E-state index contributed by atoms with van der Waals surface area (Å²) < 4.78 is 6.22. The van der Waals surface area contributed by atoms with Crippen LogP contribution in [0.5, 0.6) is 17.2 Å². The molecule has 0 saturated heterocycles. The zero-order chi connectivity index (χ0) is 26.8. The molecule has 1 aliphatic heterocycles. The minimum absolute atomic E-state index is 0.113. The normalized spacial score (nSPS) is 19.6. The minimum atomic E-state index is -0.468. The van der Waals surface area contributed by atoms with Crippen molar-refractivity contribution >= 4 is 5.91 Å². The number of hydrogen-bond donors (Lipinski definition) is 2. The number of phenolic OH excluding ortho intramolecular Hbond substituents is 2. The van der Waals surface area contributed by atoms with E-state index in [1.807, 2.05) is 30.1 Å². The van der Waals surface area contributed by atoms with Crippen molar-refractivity contribution in [3.63, 3.8) is 0 Å². The Kier molecular flexibility index (Phi) is 10.7. The summed E-state index contributed by atoms with van der Waals surface area (Å²) in [7, 11) is 1.94. The van der Waals surface area contributed by atoms with E-state index in [-0.39, 0.29) is 29.2 Å². The lowest BCUT2D eigenvalue weighted by Gasteiger charge is -2.46. The van der Waals surface area contributed by atoms with Crippen LogP contribution in [0.25, 0.3) is 0 Å². The van der Waals surface area contributed by atoms with Crippen molar-refractivity contribution in [1.82, 2.24) is 4.90 Å². The van der Waals surface area contributed by atoms with Gasteiger partial charge < -0.3 is 19.8 Å². The summed E-state index contributed by atoms with van der Waals surface area (Å²) in [5.74, 6) is 0.924. The maximum absolute atomic E-state index is 14.1. The van der Waals surface area contributed by atoms with Crippen molar-refractivity contribution in [2.75, 3.05) is 20.2 Å². The monoisotopic (exact) mass is 509 g/mol. The lowest BCUT2D eigenvalue weighted by atomic mass is 9.61.